The molecule has 0 saturated carbocycles. The van der Waals surface area contributed by atoms with Gasteiger partial charge in [-0.1, -0.05) is 42.8 Å². The fourth-order valence-corrected chi connectivity index (χ4v) is 6.53. The highest BCUT2D eigenvalue weighted by Gasteiger charge is 2.29. The number of unbranched alkanes of at least 4 members (excludes halogenated alkanes) is 3. The van der Waals surface area contributed by atoms with Crippen molar-refractivity contribution in [1.82, 2.24) is 4.90 Å². The Balaban J connectivity index is 1.46. The molecule has 1 N–H and O–H groups in total. The number of hydrogen-bond donors (Lipinski definition) is 1. The number of sulfone groups is 1. The van der Waals surface area contributed by atoms with Crippen molar-refractivity contribution in [3.8, 4) is 5.75 Å². The van der Waals surface area contributed by atoms with Gasteiger partial charge in [-0.15, -0.1) is 0 Å². The molecule has 0 atom stereocenters. The molecule has 3 rings (SSSR count). The molecule has 2 aromatic rings. The van der Waals surface area contributed by atoms with E-state index in [1.54, 1.807) is 6.07 Å². The van der Waals surface area contributed by atoms with E-state index in [9.17, 15) is 26.7 Å². The number of nitrogens with zero attached hydrogens (tertiary/aromatic N) is 1. The van der Waals surface area contributed by atoms with Gasteiger partial charge in [0, 0.05) is 0 Å². The Labute approximate surface area is 225 Å². The van der Waals surface area contributed by atoms with E-state index in [1.807, 2.05) is 19.2 Å². The fourth-order valence-electron chi connectivity index (χ4n) is 5.14. The molecule has 4 nitrogen and oxygen atoms in total. The molecular weight excluding hydrogens is 511 g/mol. The molecule has 0 bridgehead atoms. The van der Waals surface area contributed by atoms with Crippen LogP contribution in [-0.2, 0) is 16.3 Å². The van der Waals surface area contributed by atoms with Crippen molar-refractivity contribution >= 4 is 21.0 Å². The van der Waals surface area contributed by atoms with Crippen molar-refractivity contribution in [2.75, 3.05) is 31.6 Å². The van der Waals surface area contributed by atoms with Crippen LogP contribution in [0.4, 0.5) is 13.2 Å². The van der Waals surface area contributed by atoms with Crippen molar-refractivity contribution in [1.29, 1.82) is 0 Å². The summed E-state index contributed by atoms with van der Waals surface area (Å²) >= 11 is 0. The lowest BCUT2D eigenvalue weighted by atomic mass is 9.89. The molecule has 0 saturated heterocycles. The molecule has 0 fully saturated rings. The SMILES string of the molecule is CN(CCCCCC1=C(c2ccccc2)CCCc2cc(O)ccc21)CCCCS(=O)(=O)CCC(F)(F)F. The number of phenols is 1. The molecule has 38 heavy (non-hydrogen) atoms. The number of phenolic OH excluding ortho intramolecular Hbond substituents is 1. The number of benzene rings is 2. The maximum Gasteiger partial charge on any atom is 0.390 e. The van der Waals surface area contributed by atoms with E-state index in [0.717, 1.165) is 58.0 Å². The predicted molar refractivity (Wildman–Crippen MR) is 149 cm³/mol. The zero-order chi connectivity index (χ0) is 27.6. The second-order valence-corrected chi connectivity index (χ2v) is 12.7. The van der Waals surface area contributed by atoms with Crippen molar-refractivity contribution < 1.29 is 26.7 Å². The van der Waals surface area contributed by atoms with Crippen LogP contribution >= 0.6 is 0 Å². The Morgan fingerprint density at radius 3 is 2.32 bits per heavy atom. The van der Waals surface area contributed by atoms with Crippen molar-refractivity contribution in [2.45, 2.75) is 70.4 Å². The Bertz CT molecular complexity index is 1160. The molecule has 2 aromatic carbocycles. The lowest BCUT2D eigenvalue weighted by Gasteiger charge is -2.18. The third kappa shape index (κ3) is 10.1. The minimum Gasteiger partial charge on any atom is -0.508 e. The van der Waals surface area contributed by atoms with Gasteiger partial charge in [-0.25, -0.2) is 8.42 Å². The van der Waals surface area contributed by atoms with E-state index in [4.69, 9.17) is 0 Å². The van der Waals surface area contributed by atoms with Crippen molar-refractivity contribution in [2.24, 2.45) is 0 Å². The lowest BCUT2D eigenvalue weighted by molar-refractivity contribution is -0.129. The van der Waals surface area contributed by atoms with Gasteiger partial charge >= 0.3 is 6.18 Å². The average Bonchev–Trinajstić information content (AvgIpc) is 3.04. The van der Waals surface area contributed by atoms with Crippen LogP contribution in [0.1, 0.15) is 74.5 Å². The summed E-state index contributed by atoms with van der Waals surface area (Å²) in [6, 6.07) is 16.3. The van der Waals surface area contributed by atoms with E-state index in [-0.39, 0.29) is 5.75 Å². The Kier molecular flexibility index (Phi) is 11.3. The van der Waals surface area contributed by atoms with E-state index in [2.05, 4.69) is 35.2 Å². The highest BCUT2D eigenvalue weighted by atomic mass is 32.2. The third-order valence-electron chi connectivity index (χ3n) is 7.18. The van der Waals surface area contributed by atoms with Gasteiger partial charge in [-0.2, -0.15) is 13.2 Å². The molecule has 0 spiro atoms. The number of alkyl halides is 3. The monoisotopic (exact) mass is 551 g/mol. The van der Waals surface area contributed by atoms with Gasteiger partial charge in [0.15, 0.2) is 9.84 Å². The van der Waals surface area contributed by atoms with Crippen LogP contribution in [0.25, 0.3) is 11.1 Å². The molecule has 0 aliphatic heterocycles. The second-order valence-electron chi connectivity index (χ2n) is 10.4. The summed E-state index contributed by atoms with van der Waals surface area (Å²) < 4.78 is 60.4. The van der Waals surface area contributed by atoms with Crippen LogP contribution in [0.2, 0.25) is 0 Å². The first-order valence-corrected chi connectivity index (χ1v) is 15.4. The highest BCUT2D eigenvalue weighted by molar-refractivity contribution is 7.91. The quantitative estimate of drug-likeness (QED) is 0.251. The number of rotatable bonds is 14. The van der Waals surface area contributed by atoms with Crippen LogP contribution < -0.4 is 0 Å². The van der Waals surface area contributed by atoms with E-state index >= 15 is 0 Å². The summed E-state index contributed by atoms with van der Waals surface area (Å²) in [5, 5.41) is 10.0. The average molecular weight is 552 g/mol. The molecular formula is C30H40F3NO3S. The predicted octanol–water partition coefficient (Wildman–Crippen LogP) is 7.28. The van der Waals surface area contributed by atoms with Gasteiger partial charge in [-0.05, 0) is 111 Å². The molecule has 8 heteroatoms. The van der Waals surface area contributed by atoms with Gasteiger partial charge < -0.3 is 10.0 Å². The first kappa shape index (κ1) is 30.2. The molecule has 0 amide bonds. The van der Waals surface area contributed by atoms with E-state index in [0.29, 0.717) is 18.6 Å². The van der Waals surface area contributed by atoms with Crippen molar-refractivity contribution in [3.05, 3.63) is 65.2 Å². The number of hydrogen-bond acceptors (Lipinski definition) is 4. The summed E-state index contributed by atoms with van der Waals surface area (Å²) in [6.07, 6.45) is 2.47. The molecule has 1 aliphatic rings. The standard InChI is InChI=1S/C30H40F3NO3S/c1-34(20-8-9-21-38(36,37)22-18-30(31,32)33)19-7-3-6-14-29-27(24-11-4-2-5-12-24)15-10-13-25-23-26(35)16-17-28(25)29/h2,4-5,11-12,16-17,23,35H,3,6-10,13-15,18-22H2,1H3. The van der Waals surface area contributed by atoms with Crippen LogP contribution in [0.15, 0.2) is 48.5 Å². The number of allylic oxidation sites excluding steroid dienone is 2. The highest BCUT2D eigenvalue weighted by Crippen LogP contribution is 2.39. The van der Waals surface area contributed by atoms with Gasteiger partial charge in [0.2, 0.25) is 0 Å². The zero-order valence-corrected chi connectivity index (χ0v) is 23.1. The van der Waals surface area contributed by atoms with E-state index < -0.39 is 28.2 Å². The maximum absolute atomic E-state index is 12.3. The molecule has 1 aliphatic carbocycles. The fraction of sp³-hybridized carbons (Fsp3) is 0.533. The number of halogens is 3. The van der Waals surface area contributed by atoms with Gasteiger partial charge in [-0.3, -0.25) is 0 Å². The van der Waals surface area contributed by atoms with Crippen LogP contribution in [0, 0.1) is 0 Å². The summed E-state index contributed by atoms with van der Waals surface area (Å²) in [7, 11) is -1.65. The minimum absolute atomic E-state index is 0.185. The maximum atomic E-state index is 12.3. The smallest absolute Gasteiger partial charge is 0.390 e. The minimum atomic E-state index is -4.44. The van der Waals surface area contributed by atoms with Crippen LogP contribution in [-0.4, -0.2) is 56.2 Å². The van der Waals surface area contributed by atoms with Gasteiger partial charge in [0.05, 0.1) is 17.9 Å². The first-order chi connectivity index (χ1) is 18.0. The van der Waals surface area contributed by atoms with Gasteiger partial charge in [0.25, 0.3) is 0 Å². The summed E-state index contributed by atoms with van der Waals surface area (Å²) in [6.45, 7) is 1.63. The topological polar surface area (TPSA) is 57.6 Å². The van der Waals surface area contributed by atoms with Gasteiger partial charge in [0.1, 0.15) is 5.75 Å². The van der Waals surface area contributed by atoms with Crippen LogP contribution in [0.3, 0.4) is 0 Å². The summed E-state index contributed by atoms with van der Waals surface area (Å²) in [5.41, 5.74) is 6.51. The number of aryl methyl sites for hydroxylation is 1. The molecule has 210 valence electrons. The molecule has 0 heterocycles. The van der Waals surface area contributed by atoms with Crippen LogP contribution in [0.5, 0.6) is 5.75 Å². The number of aromatic hydroxyl groups is 1. The molecule has 0 radical (unpaired) electrons. The first-order valence-electron chi connectivity index (χ1n) is 13.6. The Morgan fingerprint density at radius 1 is 0.895 bits per heavy atom. The zero-order valence-electron chi connectivity index (χ0n) is 22.3. The number of fused-ring (bicyclic) bond motifs is 1. The van der Waals surface area contributed by atoms with E-state index in [1.165, 1.54) is 27.8 Å². The largest absolute Gasteiger partial charge is 0.508 e. The normalized spacial score (nSPS) is 14.6. The summed E-state index contributed by atoms with van der Waals surface area (Å²) in [4.78, 5) is 2.17. The molecule has 0 unspecified atom stereocenters. The van der Waals surface area contributed by atoms with Crippen molar-refractivity contribution in [3.63, 3.8) is 0 Å². The summed E-state index contributed by atoms with van der Waals surface area (Å²) in [5.74, 6) is -0.691. The second kappa shape index (κ2) is 14.2. The molecule has 0 aromatic heterocycles. The Morgan fingerprint density at radius 2 is 1.61 bits per heavy atom. The lowest BCUT2D eigenvalue weighted by Crippen LogP contribution is -2.22. The third-order valence-corrected chi connectivity index (χ3v) is 8.92. The Hall–Kier alpha value is -2.32.